The summed E-state index contributed by atoms with van der Waals surface area (Å²) in [6.45, 7) is 0.380. The SMILES string of the molecule is Nc1cccc(C=CCCN2C(=O)c3ccccc3C2=O)c1. The fourth-order valence-electron chi connectivity index (χ4n) is 2.53. The molecule has 0 saturated heterocycles. The predicted octanol–water partition coefficient (Wildman–Crippen LogP) is 2.97. The van der Waals surface area contributed by atoms with Crippen molar-refractivity contribution < 1.29 is 9.59 Å². The molecule has 0 bridgehead atoms. The Morgan fingerprint density at radius 1 is 0.955 bits per heavy atom. The van der Waals surface area contributed by atoms with E-state index in [1.807, 2.05) is 36.4 Å². The first kappa shape index (κ1) is 14.1. The molecule has 2 aromatic rings. The number of nitrogens with zero attached hydrogens (tertiary/aromatic N) is 1. The Morgan fingerprint density at radius 3 is 2.27 bits per heavy atom. The van der Waals surface area contributed by atoms with Crippen LogP contribution in [0.5, 0.6) is 0 Å². The summed E-state index contributed by atoms with van der Waals surface area (Å²) >= 11 is 0. The first-order chi connectivity index (χ1) is 10.7. The van der Waals surface area contributed by atoms with Gasteiger partial charge in [-0.2, -0.15) is 0 Å². The maximum atomic E-state index is 12.2. The van der Waals surface area contributed by atoms with Crippen molar-refractivity contribution in [3.8, 4) is 0 Å². The fourth-order valence-corrected chi connectivity index (χ4v) is 2.53. The van der Waals surface area contributed by atoms with E-state index in [-0.39, 0.29) is 11.8 Å². The van der Waals surface area contributed by atoms with Crippen molar-refractivity contribution in [2.45, 2.75) is 6.42 Å². The lowest BCUT2D eigenvalue weighted by Gasteiger charge is -2.11. The van der Waals surface area contributed by atoms with Gasteiger partial charge in [0.2, 0.25) is 0 Å². The zero-order valence-corrected chi connectivity index (χ0v) is 12.0. The molecule has 2 N–H and O–H groups in total. The minimum absolute atomic E-state index is 0.210. The van der Waals surface area contributed by atoms with Gasteiger partial charge in [0.05, 0.1) is 11.1 Å². The van der Waals surface area contributed by atoms with Crippen LogP contribution in [0, 0.1) is 0 Å². The maximum absolute atomic E-state index is 12.2. The van der Waals surface area contributed by atoms with Crippen LogP contribution in [0.15, 0.2) is 54.6 Å². The van der Waals surface area contributed by atoms with Crippen LogP contribution < -0.4 is 5.73 Å². The van der Waals surface area contributed by atoms with E-state index in [9.17, 15) is 9.59 Å². The Balaban J connectivity index is 1.64. The number of nitrogens with two attached hydrogens (primary N) is 1. The summed E-state index contributed by atoms with van der Waals surface area (Å²) in [6, 6.07) is 14.5. The Labute approximate surface area is 128 Å². The summed E-state index contributed by atoms with van der Waals surface area (Å²) < 4.78 is 0. The molecule has 0 aromatic heterocycles. The highest BCUT2D eigenvalue weighted by Crippen LogP contribution is 2.22. The van der Waals surface area contributed by atoms with Crippen molar-refractivity contribution in [3.05, 3.63) is 71.3 Å². The van der Waals surface area contributed by atoms with Gasteiger partial charge in [0.15, 0.2) is 0 Å². The van der Waals surface area contributed by atoms with Crippen LogP contribution in [-0.4, -0.2) is 23.3 Å². The second-order valence-corrected chi connectivity index (χ2v) is 5.17. The average Bonchev–Trinajstić information content (AvgIpc) is 2.77. The first-order valence-electron chi connectivity index (χ1n) is 7.14. The lowest BCUT2D eigenvalue weighted by Crippen LogP contribution is -2.30. The minimum atomic E-state index is -0.210. The average molecular weight is 292 g/mol. The summed E-state index contributed by atoms with van der Waals surface area (Å²) in [7, 11) is 0. The molecule has 0 unspecified atom stereocenters. The number of benzene rings is 2. The first-order valence-corrected chi connectivity index (χ1v) is 7.14. The highest BCUT2D eigenvalue weighted by Gasteiger charge is 2.34. The molecule has 110 valence electrons. The lowest BCUT2D eigenvalue weighted by molar-refractivity contribution is 0.0657. The number of hydrogen-bond donors (Lipinski definition) is 1. The van der Waals surface area contributed by atoms with Crippen LogP contribution in [0.3, 0.4) is 0 Å². The number of imide groups is 1. The maximum Gasteiger partial charge on any atom is 0.261 e. The van der Waals surface area contributed by atoms with Crippen LogP contribution >= 0.6 is 0 Å². The van der Waals surface area contributed by atoms with Gasteiger partial charge in [0.1, 0.15) is 0 Å². The van der Waals surface area contributed by atoms with Crippen LogP contribution in [0.25, 0.3) is 6.08 Å². The predicted molar refractivity (Wildman–Crippen MR) is 86.3 cm³/mol. The van der Waals surface area contributed by atoms with Gasteiger partial charge in [-0.1, -0.05) is 36.4 Å². The number of nitrogen functional groups attached to an aromatic ring is 1. The molecule has 4 heteroatoms. The molecule has 1 aliphatic heterocycles. The van der Waals surface area contributed by atoms with Gasteiger partial charge in [0.25, 0.3) is 11.8 Å². The van der Waals surface area contributed by atoms with Gasteiger partial charge in [-0.3, -0.25) is 14.5 Å². The summed E-state index contributed by atoms with van der Waals surface area (Å²) in [6.07, 6.45) is 4.49. The largest absolute Gasteiger partial charge is 0.399 e. The zero-order chi connectivity index (χ0) is 15.5. The topological polar surface area (TPSA) is 63.4 Å². The Hall–Kier alpha value is -2.88. The number of rotatable bonds is 4. The van der Waals surface area contributed by atoms with E-state index in [1.165, 1.54) is 4.90 Å². The second kappa shape index (κ2) is 5.85. The number of amides is 2. The molecule has 2 aromatic carbocycles. The van der Waals surface area contributed by atoms with Crippen LogP contribution in [0.2, 0.25) is 0 Å². The molecule has 3 rings (SSSR count). The third kappa shape index (κ3) is 2.63. The molecule has 0 radical (unpaired) electrons. The molecule has 0 saturated carbocycles. The number of fused-ring (bicyclic) bond motifs is 1. The molecule has 22 heavy (non-hydrogen) atoms. The van der Waals surface area contributed by atoms with Crippen LogP contribution in [-0.2, 0) is 0 Å². The van der Waals surface area contributed by atoms with Gasteiger partial charge < -0.3 is 5.73 Å². The molecule has 1 heterocycles. The van der Waals surface area contributed by atoms with Gasteiger partial charge in [-0.05, 0) is 36.2 Å². The molecule has 0 spiro atoms. The summed E-state index contributed by atoms with van der Waals surface area (Å²) in [5.74, 6) is -0.420. The zero-order valence-electron chi connectivity index (χ0n) is 12.0. The fraction of sp³-hybridized carbons (Fsp3) is 0.111. The number of carbonyl (C=O) groups is 2. The van der Waals surface area contributed by atoms with Crippen molar-refractivity contribution >= 4 is 23.6 Å². The Bertz CT molecular complexity index is 730. The van der Waals surface area contributed by atoms with E-state index in [2.05, 4.69) is 0 Å². The van der Waals surface area contributed by atoms with Crippen molar-refractivity contribution in [2.24, 2.45) is 0 Å². The molecule has 0 aliphatic carbocycles. The molecule has 0 atom stereocenters. The molecule has 2 amide bonds. The quantitative estimate of drug-likeness (QED) is 0.696. The molecular weight excluding hydrogens is 276 g/mol. The van der Waals surface area contributed by atoms with E-state index < -0.39 is 0 Å². The Morgan fingerprint density at radius 2 is 1.64 bits per heavy atom. The van der Waals surface area contributed by atoms with Gasteiger partial charge >= 0.3 is 0 Å². The summed E-state index contributed by atoms with van der Waals surface area (Å²) in [5, 5.41) is 0. The summed E-state index contributed by atoms with van der Waals surface area (Å²) in [5.41, 5.74) is 8.41. The third-order valence-corrected chi connectivity index (χ3v) is 3.62. The minimum Gasteiger partial charge on any atom is -0.399 e. The van der Waals surface area contributed by atoms with E-state index in [1.54, 1.807) is 24.3 Å². The van der Waals surface area contributed by atoms with Crippen LogP contribution in [0.4, 0.5) is 5.69 Å². The molecule has 0 fully saturated rings. The second-order valence-electron chi connectivity index (χ2n) is 5.17. The molecule has 1 aliphatic rings. The lowest BCUT2D eigenvalue weighted by atomic mass is 10.1. The van der Waals surface area contributed by atoms with E-state index in [0.717, 1.165) is 5.56 Å². The van der Waals surface area contributed by atoms with Crippen molar-refractivity contribution in [3.63, 3.8) is 0 Å². The van der Waals surface area contributed by atoms with E-state index in [0.29, 0.717) is 29.8 Å². The van der Waals surface area contributed by atoms with E-state index >= 15 is 0 Å². The molecule has 4 nitrogen and oxygen atoms in total. The standard InChI is InChI=1S/C18H16N2O2/c19-14-8-5-7-13(12-14)6-3-4-11-20-17(21)15-9-1-2-10-16(15)18(20)22/h1-3,5-10,12H,4,11,19H2. The number of carbonyl (C=O) groups excluding carboxylic acids is 2. The highest BCUT2D eigenvalue weighted by molar-refractivity contribution is 6.21. The monoisotopic (exact) mass is 292 g/mol. The van der Waals surface area contributed by atoms with E-state index in [4.69, 9.17) is 5.73 Å². The normalized spacial score (nSPS) is 13.9. The Kier molecular flexibility index (Phi) is 3.74. The van der Waals surface area contributed by atoms with Crippen molar-refractivity contribution in [2.75, 3.05) is 12.3 Å². The van der Waals surface area contributed by atoms with Gasteiger partial charge in [-0.25, -0.2) is 0 Å². The van der Waals surface area contributed by atoms with Crippen LogP contribution in [0.1, 0.15) is 32.7 Å². The smallest absolute Gasteiger partial charge is 0.261 e. The summed E-state index contributed by atoms with van der Waals surface area (Å²) in [4.78, 5) is 25.7. The van der Waals surface area contributed by atoms with Crippen molar-refractivity contribution in [1.29, 1.82) is 0 Å². The molecular formula is C18H16N2O2. The third-order valence-electron chi connectivity index (χ3n) is 3.62. The highest BCUT2D eigenvalue weighted by atomic mass is 16.2. The number of hydrogen-bond acceptors (Lipinski definition) is 3. The van der Waals surface area contributed by atoms with Gasteiger partial charge in [-0.15, -0.1) is 0 Å². The number of anilines is 1. The van der Waals surface area contributed by atoms with Gasteiger partial charge in [0, 0.05) is 12.2 Å². The van der Waals surface area contributed by atoms with Crippen molar-refractivity contribution in [1.82, 2.24) is 4.90 Å².